The van der Waals surface area contributed by atoms with Gasteiger partial charge in [0.2, 0.25) is 5.76 Å². The van der Waals surface area contributed by atoms with Crippen molar-refractivity contribution in [1.82, 2.24) is 4.90 Å². The average molecular weight is 314 g/mol. The zero-order valence-electron chi connectivity index (χ0n) is 13.6. The van der Waals surface area contributed by atoms with Crippen LogP contribution in [0.3, 0.4) is 0 Å². The lowest BCUT2D eigenvalue weighted by molar-refractivity contribution is 0.0561. The smallest absolute Gasteiger partial charge is 0.373 e. The van der Waals surface area contributed by atoms with Gasteiger partial charge in [-0.3, -0.25) is 4.90 Å². The van der Waals surface area contributed by atoms with E-state index < -0.39 is 5.97 Å². The molecule has 0 atom stereocenters. The Labute approximate surface area is 136 Å². The van der Waals surface area contributed by atoms with Crippen molar-refractivity contribution in [1.29, 1.82) is 0 Å². The van der Waals surface area contributed by atoms with Crippen LogP contribution in [-0.4, -0.2) is 44.2 Å². The van der Waals surface area contributed by atoms with Gasteiger partial charge in [0.15, 0.2) is 0 Å². The highest BCUT2D eigenvalue weighted by molar-refractivity contribution is 5.86. The van der Waals surface area contributed by atoms with Crippen LogP contribution in [0.1, 0.15) is 21.9 Å². The number of carbonyl (C=O) groups excluding carboxylic acids is 1. The fourth-order valence-electron chi connectivity index (χ4n) is 2.88. The van der Waals surface area contributed by atoms with Gasteiger partial charge in [-0.05, 0) is 36.8 Å². The number of anilines is 1. The molecule has 0 amide bonds. The van der Waals surface area contributed by atoms with Crippen molar-refractivity contribution < 1.29 is 13.9 Å². The SMILES string of the molecule is COC(=O)c1ccc(CN2CCN(c3cccc(C)c3)CC2)o1. The van der Waals surface area contributed by atoms with Gasteiger partial charge in [-0.25, -0.2) is 4.79 Å². The molecule has 1 aromatic heterocycles. The molecule has 2 aromatic rings. The molecule has 1 aromatic carbocycles. The molecule has 2 heterocycles. The highest BCUT2D eigenvalue weighted by atomic mass is 16.5. The molecule has 3 rings (SSSR count). The lowest BCUT2D eigenvalue weighted by atomic mass is 10.2. The van der Waals surface area contributed by atoms with Crippen molar-refractivity contribution in [2.24, 2.45) is 0 Å². The first-order chi connectivity index (χ1) is 11.2. The molecule has 5 nitrogen and oxygen atoms in total. The van der Waals surface area contributed by atoms with E-state index in [4.69, 9.17) is 4.42 Å². The van der Waals surface area contributed by atoms with Gasteiger partial charge in [0.1, 0.15) is 5.76 Å². The van der Waals surface area contributed by atoms with Crippen LogP contribution in [0, 0.1) is 6.92 Å². The predicted molar refractivity (Wildman–Crippen MR) is 88.7 cm³/mol. The van der Waals surface area contributed by atoms with Crippen molar-refractivity contribution in [3.8, 4) is 0 Å². The van der Waals surface area contributed by atoms with Crippen LogP contribution >= 0.6 is 0 Å². The summed E-state index contributed by atoms with van der Waals surface area (Å²) >= 11 is 0. The Hall–Kier alpha value is -2.27. The molecule has 0 saturated carbocycles. The summed E-state index contributed by atoms with van der Waals surface area (Å²) in [7, 11) is 1.36. The van der Waals surface area contributed by atoms with Gasteiger partial charge < -0.3 is 14.1 Å². The third kappa shape index (κ3) is 3.74. The van der Waals surface area contributed by atoms with Gasteiger partial charge in [0.05, 0.1) is 13.7 Å². The Morgan fingerprint density at radius 2 is 1.96 bits per heavy atom. The van der Waals surface area contributed by atoms with Gasteiger partial charge in [0.25, 0.3) is 0 Å². The molecule has 1 aliphatic rings. The zero-order valence-corrected chi connectivity index (χ0v) is 13.6. The monoisotopic (exact) mass is 314 g/mol. The van der Waals surface area contributed by atoms with E-state index in [0.29, 0.717) is 0 Å². The Kier molecular flexibility index (Phi) is 4.67. The first kappa shape index (κ1) is 15.6. The van der Waals surface area contributed by atoms with Gasteiger partial charge in [0, 0.05) is 31.9 Å². The van der Waals surface area contributed by atoms with E-state index in [-0.39, 0.29) is 5.76 Å². The molecule has 0 aliphatic carbocycles. The van der Waals surface area contributed by atoms with E-state index in [2.05, 4.69) is 45.7 Å². The second-order valence-electron chi connectivity index (χ2n) is 5.86. The summed E-state index contributed by atoms with van der Waals surface area (Å²) < 4.78 is 10.2. The van der Waals surface area contributed by atoms with Crippen LogP contribution in [0.15, 0.2) is 40.8 Å². The summed E-state index contributed by atoms with van der Waals surface area (Å²) in [6, 6.07) is 12.1. The van der Waals surface area contributed by atoms with Crippen LogP contribution in [-0.2, 0) is 11.3 Å². The summed E-state index contributed by atoms with van der Waals surface area (Å²) in [4.78, 5) is 16.2. The highest BCUT2D eigenvalue weighted by Crippen LogP contribution is 2.19. The number of hydrogen-bond donors (Lipinski definition) is 0. The highest BCUT2D eigenvalue weighted by Gasteiger charge is 2.19. The molecule has 0 radical (unpaired) electrons. The number of piperazine rings is 1. The molecule has 23 heavy (non-hydrogen) atoms. The molecule has 0 spiro atoms. The number of aryl methyl sites for hydroxylation is 1. The lowest BCUT2D eigenvalue weighted by Gasteiger charge is -2.35. The Bertz CT molecular complexity index is 672. The summed E-state index contributed by atoms with van der Waals surface area (Å²) in [6.07, 6.45) is 0. The maximum atomic E-state index is 11.4. The molecule has 1 aliphatic heterocycles. The minimum Gasteiger partial charge on any atom is -0.463 e. The number of furan rings is 1. The topological polar surface area (TPSA) is 45.9 Å². The van der Waals surface area contributed by atoms with E-state index >= 15 is 0 Å². The van der Waals surface area contributed by atoms with Crippen molar-refractivity contribution >= 4 is 11.7 Å². The number of benzene rings is 1. The minimum absolute atomic E-state index is 0.265. The van der Waals surface area contributed by atoms with Crippen LogP contribution in [0.5, 0.6) is 0 Å². The number of rotatable bonds is 4. The van der Waals surface area contributed by atoms with Gasteiger partial charge in [-0.15, -0.1) is 0 Å². The number of nitrogens with zero attached hydrogens (tertiary/aromatic N) is 2. The van der Waals surface area contributed by atoms with E-state index in [1.165, 1.54) is 18.4 Å². The van der Waals surface area contributed by atoms with Crippen molar-refractivity contribution in [3.63, 3.8) is 0 Å². The first-order valence-electron chi connectivity index (χ1n) is 7.87. The number of esters is 1. The van der Waals surface area contributed by atoms with Crippen molar-refractivity contribution in [3.05, 3.63) is 53.5 Å². The summed E-state index contributed by atoms with van der Waals surface area (Å²) in [6.45, 7) is 6.78. The van der Waals surface area contributed by atoms with Crippen LogP contribution in [0.4, 0.5) is 5.69 Å². The third-order valence-electron chi connectivity index (χ3n) is 4.17. The van der Waals surface area contributed by atoms with Crippen LogP contribution < -0.4 is 4.90 Å². The summed E-state index contributed by atoms with van der Waals surface area (Å²) in [5, 5.41) is 0. The van der Waals surface area contributed by atoms with Crippen LogP contribution in [0.2, 0.25) is 0 Å². The number of ether oxygens (including phenoxy) is 1. The van der Waals surface area contributed by atoms with Crippen molar-refractivity contribution in [2.45, 2.75) is 13.5 Å². The van der Waals surface area contributed by atoms with E-state index in [1.807, 2.05) is 6.07 Å². The number of carbonyl (C=O) groups is 1. The van der Waals surface area contributed by atoms with Gasteiger partial charge >= 0.3 is 5.97 Å². The summed E-state index contributed by atoms with van der Waals surface area (Å²) in [5.74, 6) is 0.635. The zero-order chi connectivity index (χ0) is 16.2. The Balaban J connectivity index is 1.55. The second-order valence-corrected chi connectivity index (χ2v) is 5.86. The van der Waals surface area contributed by atoms with E-state index in [9.17, 15) is 4.79 Å². The van der Waals surface area contributed by atoms with Crippen LogP contribution in [0.25, 0.3) is 0 Å². The summed E-state index contributed by atoms with van der Waals surface area (Å²) in [5.41, 5.74) is 2.58. The van der Waals surface area contributed by atoms with Gasteiger partial charge in [-0.1, -0.05) is 12.1 Å². The average Bonchev–Trinajstić information content (AvgIpc) is 3.03. The van der Waals surface area contributed by atoms with E-state index in [0.717, 1.165) is 38.5 Å². The van der Waals surface area contributed by atoms with Crippen molar-refractivity contribution in [2.75, 3.05) is 38.2 Å². The van der Waals surface area contributed by atoms with E-state index in [1.54, 1.807) is 6.07 Å². The first-order valence-corrected chi connectivity index (χ1v) is 7.87. The molecule has 1 fully saturated rings. The fraction of sp³-hybridized carbons (Fsp3) is 0.389. The van der Waals surface area contributed by atoms with Gasteiger partial charge in [-0.2, -0.15) is 0 Å². The molecule has 122 valence electrons. The predicted octanol–water partition coefficient (Wildman–Crippen LogP) is 2.70. The molecular weight excluding hydrogens is 292 g/mol. The maximum Gasteiger partial charge on any atom is 0.373 e. The molecule has 5 heteroatoms. The second kappa shape index (κ2) is 6.87. The molecular formula is C18H22N2O3. The molecule has 0 bridgehead atoms. The third-order valence-corrected chi connectivity index (χ3v) is 4.17. The minimum atomic E-state index is -0.430. The standard InChI is InChI=1S/C18H22N2O3/c1-14-4-3-5-15(12-14)20-10-8-19(9-11-20)13-16-6-7-17(23-16)18(21)22-2/h3-7,12H,8-11,13H2,1-2H3. The largest absolute Gasteiger partial charge is 0.463 e. The Morgan fingerprint density at radius 3 is 2.65 bits per heavy atom. The molecule has 1 saturated heterocycles. The quantitative estimate of drug-likeness (QED) is 0.812. The lowest BCUT2D eigenvalue weighted by Crippen LogP contribution is -2.45. The molecule has 0 unspecified atom stereocenters. The molecule has 0 N–H and O–H groups in total. The Morgan fingerprint density at radius 1 is 1.17 bits per heavy atom. The normalized spacial score (nSPS) is 15.7. The number of hydrogen-bond acceptors (Lipinski definition) is 5. The maximum absolute atomic E-state index is 11.4. The fourth-order valence-corrected chi connectivity index (χ4v) is 2.88. The number of methoxy groups -OCH3 is 1.